The van der Waals surface area contributed by atoms with Crippen LogP contribution in [0.4, 0.5) is 13.2 Å². The molecule has 2 aromatic heterocycles. The first kappa shape index (κ1) is 28.5. The molecule has 0 saturated carbocycles. The summed E-state index contributed by atoms with van der Waals surface area (Å²) in [7, 11) is -5.81. The van der Waals surface area contributed by atoms with Crippen molar-refractivity contribution in [2.75, 3.05) is 0 Å². The summed E-state index contributed by atoms with van der Waals surface area (Å²) in [5, 5.41) is 19.2. The summed E-state index contributed by atoms with van der Waals surface area (Å²) >= 11 is 1.53. The minimum Gasteiger partial charge on any atom is -0.481 e. The van der Waals surface area contributed by atoms with Crippen molar-refractivity contribution in [3.8, 4) is 21.9 Å². The Kier molecular flexibility index (Phi) is 7.02. The summed E-state index contributed by atoms with van der Waals surface area (Å²) in [6, 6.07) is 11.5. The molecule has 0 spiro atoms. The first-order chi connectivity index (χ1) is 19.2. The van der Waals surface area contributed by atoms with E-state index >= 15 is 0 Å². The van der Waals surface area contributed by atoms with Crippen LogP contribution in [-0.2, 0) is 14.9 Å². The molecule has 1 N–H and O–H groups in total. The number of aryl methyl sites for hydroxylation is 2. The molecule has 1 aliphatic heterocycles. The molecule has 14 heteroatoms. The SMILES string of the molecule is Cc1sc2c(c1C)C(c1ccc(-c3cccc(OS(=O)(=O)C(F)(F)F)c3)cc1)=N[C@@H](C(C)C(=O)O)c1nnc(C)n1-2. The quantitative estimate of drug-likeness (QED) is 0.219. The molecule has 0 amide bonds. The van der Waals surface area contributed by atoms with Gasteiger partial charge in [-0.1, -0.05) is 36.4 Å². The van der Waals surface area contributed by atoms with Gasteiger partial charge in [-0.05, 0) is 56.5 Å². The smallest absolute Gasteiger partial charge is 0.481 e. The fourth-order valence-corrected chi connectivity index (χ4v) is 6.20. The number of aliphatic imine (C=N–C) groups is 1. The summed E-state index contributed by atoms with van der Waals surface area (Å²) in [6.45, 7) is 7.32. The minimum atomic E-state index is -5.81. The summed E-state index contributed by atoms with van der Waals surface area (Å²) in [5.41, 5.74) is -1.48. The summed E-state index contributed by atoms with van der Waals surface area (Å²) < 4.78 is 67.3. The van der Waals surface area contributed by atoms with Crippen molar-refractivity contribution in [1.82, 2.24) is 14.8 Å². The predicted molar refractivity (Wildman–Crippen MR) is 146 cm³/mol. The van der Waals surface area contributed by atoms with Crippen LogP contribution < -0.4 is 4.18 Å². The highest BCUT2D eigenvalue weighted by molar-refractivity contribution is 7.88. The van der Waals surface area contributed by atoms with Gasteiger partial charge in [0.1, 0.15) is 22.6 Å². The van der Waals surface area contributed by atoms with Crippen LogP contribution >= 0.6 is 11.3 Å². The summed E-state index contributed by atoms with van der Waals surface area (Å²) in [5.74, 6) is -1.38. The molecule has 0 radical (unpaired) electrons. The van der Waals surface area contributed by atoms with Crippen LogP contribution in [0.3, 0.4) is 0 Å². The third kappa shape index (κ3) is 5.01. The molecule has 214 valence electrons. The molecule has 41 heavy (non-hydrogen) atoms. The Hall–Kier alpha value is -4.04. The fraction of sp³-hybridized carbons (Fsp3) is 0.259. The maximum Gasteiger partial charge on any atom is 0.534 e. The van der Waals surface area contributed by atoms with Gasteiger partial charge in [-0.25, -0.2) is 0 Å². The summed E-state index contributed by atoms with van der Waals surface area (Å²) in [6.07, 6.45) is 0. The van der Waals surface area contributed by atoms with Crippen LogP contribution in [0.5, 0.6) is 5.75 Å². The zero-order chi connectivity index (χ0) is 29.9. The second kappa shape index (κ2) is 10.1. The molecule has 1 unspecified atom stereocenters. The van der Waals surface area contributed by atoms with Crippen molar-refractivity contribution < 1.29 is 35.7 Å². The first-order valence-electron chi connectivity index (χ1n) is 12.2. The molecular formula is C27H23F3N4O5S2. The number of thiophene rings is 1. The molecule has 0 bridgehead atoms. The number of alkyl halides is 3. The van der Waals surface area contributed by atoms with Crippen molar-refractivity contribution in [3.05, 3.63) is 81.7 Å². The molecule has 0 aliphatic carbocycles. The molecule has 1 aliphatic rings. The van der Waals surface area contributed by atoms with E-state index in [9.17, 15) is 31.5 Å². The van der Waals surface area contributed by atoms with Crippen molar-refractivity contribution >= 4 is 33.1 Å². The van der Waals surface area contributed by atoms with E-state index in [1.54, 1.807) is 44.2 Å². The predicted octanol–water partition coefficient (Wildman–Crippen LogP) is 5.76. The number of nitrogens with zero attached hydrogens (tertiary/aromatic N) is 4. The van der Waals surface area contributed by atoms with E-state index in [2.05, 4.69) is 14.4 Å². The molecule has 9 nitrogen and oxygen atoms in total. The maximum absolute atomic E-state index is 12.8. The molecule has 5 rings (SSSR count). The molecule has 4 aromatic rings. The lowest BCUT2D eigenvalue weighted by Gasteiger charge is -2.16. The third-order valence-electron chi connectivity index (χ3n) is 6.87. The Balaban J connectivity index is 1.59. The molecule has 2 atom stereocenters. The monoisotopic (exact) mass is 604 g/mol. The number of hydrogen-bond acceptors (Lipinski definition) is 8. The molecule has 2 aromatic carbocycles. The average Bonchev–Trinajstić information content (AvgIpc) is 3.37. The van der Waals surface area contributed by atoms with Crippen molar-refractivity contribution in [2.45, 2.75) is 39.2 Å². The number of fused-ring (bicyclic) bond motifs is 3. The van der Waals surface area contributed by atoms with E-state index in [0.717, 1.165) is 27.1 Å². The van der Waals surface area contributed by atoms with E-state index < -0.39 is 39.3 Å². The topological polar surface area (TPSA) is 124 Å². The van der Waals surface area contributed by atoms with E-state index in [0.29, 0.717) is 34.1 Å². The van der Waals surface area contributed by atoms with Gasteiger partial charge in [0.05, 0.1) is 11.6 Å². The second-order valence-electron chi connectivity index (χ2n) is 9.54. The van der Waals surface area contributed by atoms with Gasteiger partial charge in [0.25, 0.3) is 0 Å². The number of carboxylic acids is 1. The zero-order valence-electron chi connectivity index (χ0n) is 22.1. The van der Waals surface area contributed by atoms with Gasteiger partial charge < -0.3 is 9.29 Å². The Labute approximate surface area is 237 Å². The van der Waals surface area contributed by atoms with Crippen LogP contribution in [0, 0.1) is 26.7 Å². The number of aliphatic carboxylic acids is 1. The second-order valence-corrected chi connectivity index (χ2v) is 12.3. The molecular weight excluding hydrogens is 581 g/mol. The summed E-state index contributed by atoms with van der Waals surface area (Å²) in [4.78, 5) is 18.0. The van der Waals surface area contributed by atoms with Crippen molar-refractivity contribution in [2.24, 2.45) is 10.9 Å². The van der Waals surface area contributed by atoms with E-state index in [4.69, 9.17) is 4.99 Å². The average molecular weight is 605 g/mol. The zero-order valence-corrected chi connectivity index (χ0v) is 23.7. The Morgan fingerprint density at radius 1 is 1.05 bits per heavy atom. The molecule has 0 fully saturated rings. The Bertz CT molecular complexity index is 1810. The van der Waals surface area contributed by atoms with Crippen LogP contribution in [0.25, 0.3) is 16.1 Å². The van der Waals surface area contributed by atoms with Crippen molar-refractivity contribution in [1.29, 1.82) is 0 Å². The third-order valence-corrected chi connectivity index (χ3v) is 9.04. The lowest BCUT2D eigenvalue weighted by atomic mass is 9.96. The number of rotatable bonds is 6. The van der Waals surface area contributed by atoms with Gasteiger partial charge in [-0.2, -0.15) is 21.6 Å². The number of aromatic nitrogens is 3. The highest BCUT2D eigenvalue weighted by Crippen LogP contribution is 2.41. The van der Waals surface area contributed by atoms with Crippen LogP contribution in [0.15, 0.2) is 53.5 Å². The molecule has 0 saturated heterocycles. The Morgan fingerprint density at radius 2 is 1.71 bits per heavy atom. The number of carboxylic acid groups (broad SMARTS) is 1. The van der Waals surface area contributed by atoms with Gasteiger partial charge >= 0.3 is 21.6 Å². The standard InChI is InChI=1S/C27H23F3N4O5S2/c1-13-15(3)40-25-21(13)23(31-22(14(2)26(35)36)24-33-32-16(4)34(24)25)18-10-8-17(9-11-18)19-6-5-7-20(12-19)39-41(37,38)27(28,29)30/h5-12,14,22H,1-4H3,(H,35,36)/t14?,22-/m0/s1. The van der Waals surface area contributed by atoms with Gasteiger partial charge in [0, 0.05) is 16.0 Å². The number of hydrogen-bond donors (Lipinski definition) is 1. The number of benzene rings is 2. The van der Waals surface area contributed by atoms with Crippen LogP contribution in [-0.4, -0.2) is 45.5 Å². The fourth-order valence-electron chi connectivity index (χ4n) is 4.54. The number of halogens is 3. The highest BCUT2D eigenvalue weighted by atomic mass is 32.2. The van der Waals surface area contributed by atoms with Crippen molar-refractivity contribution in [3.63, 3.8) is 0 Å². The van der Waals surface area contributed by atoms with Gasteiger partial charge in [0.15, 0.2) is 5.82 Å². The lowest BCUT2D eigenvalue weighted by molar-refractivity contribution is -0.141. The van der Waals surface area contributed by atoms with Gasteiger partial charge in [-0.15, -0.1) is 21.5 Å². The first-order valence-corrected chi connectivity index (χ1v) is 14.5. The van der Waals surface area contributed by atoms with E-state index in [1.165, 1.54) is 23.5 Å². The van der Waals surface area contributed by atoms with Gasteiger partial charge in [-0.3, -0.25) is 14.4 Å². The van der Waals surface area contributed by atoms with Crippen LogP contribution in [0.2, 0.25) is 0 Å². The lowest BCUT2D eigenvalue weighted by Crippen LogP contribution is -2.28. The highest BCUT2D eigenvalue weighted by Gasteiger charge is 2.48. The maximum atomic E-state index is 12.8. The molecule has 3 heterocycles. The van der Waals surface area contributed by atoms with Crippen LogP contribution in [0.1, 0.15) is 46.2 Å². The normalized spacial score (nSPS) is 15.9. The van der Waals surface area contributed by atoms with E-state index in [-0.39, 0.29) is 0 Å². The largest absolute Gasteiger partial charge is 0.534 e. The minimum absolute atomic E-state index is 0.427. The van der Waals surface area contributed by atoms with E-state index in [1.807, 2.05) is 18.4 Å². The number of carbonyl (C=O) groups is 1. The van der Waals surface area contributed by atoms with Gasteiger partial charge in [0.2, 0.25) is 0 Å². The Morgan fingerprint density at radius 3 is 2.34 bits per heavy atom.